The van der Waals surface area contributed by atoms with Gasteiger partial charge in [0.2, 0.25) is 0 Å². The molecule has 20 heavy (non-hydrogen) atoms. The van der Waals surface area contributed by atoms with Gasteiger partial charge in [0.25, 0.3) is 0 Å². The first-order valence-electron chi connectivity index (χ1n) is 7.05. The third-order valence-electron chi connectivity index (χ3n) is 3.37. The summed E-state index contributed by atoms with van der Waals surface area (Å²) < 4.78 is 0. The summed E-state index contributed by atoms with van der Waals surface area (Å²) in [6.45, 7) is 8.52. The van der Waals surface area contributed by atoms with Crippen molar-refractivity contribution in [2.45, 2.75) is 27.7 Å². The van der Waals surface area contributed by atoms with E-state index in [2.05, 4.69) is 88.4 Å². The van der Waals surface area contributed by atoms with E-state index in [1.54, 1.807) is 0 Å². The summed E-state index contributed by atoms with van der Waals surface area (Å²) >= 11 is 0. The van der Waals surface area contributed by atoms with Crippen LogP contribution in [0.25, 0.3) is 10.8 Å². The van der Waals surface area contributed by atoms with Crippen molar-refractivity contribution in [2.75, 3.05) is 0 Å². The van der Waals surface area contributed by atoms with E-state index in [9.17, 15) is 0 Å². The summed E-state index contributed by atoms with van der Waals surface area (Å²) in [6, 6.07) is 21.4. The lowest BCUT2D eigenvalue weighted by molar-refractivity contribution is 1.32. The Hall–Kier alpha value is -2.08. The van der Waals surface area contributed by atoms with Crippen molar-refractivity contribution in [1.82, 2.24) is 0 Å². The molecular weight excluding hydrogens is 240 g/mol. The molecule has 0 heteroatoms. The van der Waals surface area contributed by atoms with Gasteiger partial charge in [-0.2, -0.15) is 0 Å². The van der Waals surface area contributed by atoms with E-state index in [0.717, 1.165) is 0 Å². The van der Waals surface area contributed by atoms with Crippen LogP contribution in [0.1, 0.15) is 22.3 Å². The summed E-state index contributed by atoms with van der Waals surface area (Å²) in [5, 5.41) is 2.68. The van der Waals surface area contributed by atoms with Gasteiger partial charge in [-0.15, -0.1) is 0 Å². The highest BCUT2D eigenvalue weighted by Crippen LogP contribution is 2.16. The minimum atomic E-state index is 1.33. The Labute approximate surface area is 122 Å². The average Bonchev–Trinajstić information content (AvgIpc) is 2.38. The maximum Gasteiger partial charge on any atom is -0.0155 e. The maximum atomic E-state index is 2.19. The topological polar surface area (TPSA) is 0 Å². The van der Waals surface area contributed by atoms with E-state index in [1.807, 2.05) is 0 Å². The number of rotatable bonds is 0. The second-order valence-corrected chi connectivity index (χ2v) is 5.46. The average molecular weight is 262 g/mol. The van der Waals surface area contributed by atoms with Gasteiger partial charge in [-0.05, 0) is 44.0 Å². The van der Waals surface area contributed by atoms with Crippen LogP contribution in [0, 0.1) is 27.7 Å². The number of benzene rings is 3. The Kier molecular flexibility index (Phi) is 4.57. The monoisotopic (exact) mass is 262 g/mol. The molecule has 3 rings (SSSR count). The lowest BCUT2D eigenvalue weighted by atomic mass is 10.1. The van der Waals surface area contributed by atoms with E-state index < -0.39 is 0 Å². The minimum absolute atomic E-state index is 1.33. The molecule has 0 spiro atoms. The molecule has 0 unspecified atom stereocenters. The Bertz CT molecular complexity index is 652. The van der Waals surface area contributed by atoms with Crippen molar-refractivity contribution in [3.8, 4) is 0 Å². The lowest BCUT2D eigenvalue weighted by Gasteiger charge is -1.98. The fourth-order valence-corrected chi connectivity index (χ4v) is 2.59. The molecule has 0 saturated heterocycles. The fraction of sp³-hybridized carbons (Fsp3) is 0.200. The molecule has 0 aliphatic heterocycles. The normalized spacial score (nSPS) is 10.0. The molecule has 0 heterocycles. The summed E-state index contributed by atoms with van der Waals surface area (Å²) in [5.74, 6) is 0. The molecule has 0 atom stereocenters. The largest absolute Gasteiger partial charge is 0.0616 e. The van der Waals surface area contributed by atoms with Crippen LogP contribution in [0.4, 0.5) is 0 Å². The highest BCUT2D eigenvalue weighted by molar-refractivity contribution is 5.85. The summed E-state index contributed by atoms with van der Waals surface area (Å²) in [6.07, 6.45) is 0. The van der Waals surface area contributed by atoms with Gasteiger partial charge in [-0.25, -0.2) is 0 Å². The van der Waals surface area contributed by atoms with Crippen molar-refractivity contribution < 1.29 is 0 Å². The van der Waals surface area contributed by atoms with Crippen LogP contribution in [-0.4, -0.2) is 0 Å². The van der Waals surface area contributed by atoms with Gasteiger partial charge in [0, 0.05) is 0 Å². The second kappa shape index (κ2) is 6.38. The third kappa shape index (κ3) is 3.71. The third-order valence-corrected chi connectivity index (χ3v) is 3.37. The molecule has 0 N–H and O–H groups in total. The van der Waals surface area contributed by atoms with Gasteiger partial charge in [-0.1, -0.05) is 77.4 Å². The SMILES string of the molecule is Cc1cc(C)cc(C)c1.Cc1cccc2ccccc12. The Morgan fingerprint density at radius 2 is 1.05 bits per heavy atom. The number of hydrogen-bond donors (Lipinski definition) is 0. The van der Waals surface area contributed by atoms with Crippen molar-refractivity contribution in [2.24, 2.45) is 0 Å². The minimum Gasteiger partial charge on any atom is -0.0616 e. The van der Waals surface area contributed by atoms with Crippen LogP contribution < -0.4 is 0 Å². The second-order valence-electron chi connectivity index (χ2n) is 5.46. The van der Waals surface area contributed by atoms with Crippen molar-refractivity contribution >= 4 is 10.8 Å². The smallest absolute Gasteiger partial charge is 0.0155 e. The van der Waals surface area contributed by atoms with E-state index in [1.165, 1.54) is 33.0 Å². The van der Waals surface area contributed by atoms with E-state index >= 15 is 0 Å². The summed E-state index contributed by atoms with van der Waals surface area (Å²) in [5.41, 5.74) is 5.41. The molecule has 0 aliphatic carbocycles. The van der Waals surface area contributed by atoms with Gasteiger partial charge in [-0.3, -0.25) is 0 Å². The molecule has 3 aromatic carbocycles. The van der Waals surface area contributed by atoms with Crippen molar-refractivity contribution in [3.05, 3.63) is 82.9 Å². The van der Waals surface area contributed by atoms with Gasteiger partial charge in [0.15, 0.2) is 0 Å². The van der Waals surface area contributed by atoms with E-state index in [0.29, 0.717) is 0 Å². The molecule has 0 nitrogen and oxygen atoms in total. The molecule has 0 radical (unpaired) electrons. The molecule has 0 fully saturated rings. The van der Waals surface area contributed by atoms with Crippen LogP contribution >= 0.6 is 0 Å². The van der Waals surface area contributed by atoms with Crippen LogP contribution in [0.15, 0.2) is 60.7 Å². The summed E-state index contributed by atoms with van der Waals surface area (Å²) in [7, 11) is 0. The molecule has 0 amide bonds. The zero-order valence-electron chi connectivity index (χ0n) is 12.8. The summed E-state index contributed by atoms with van der Waals surface area (Å²) in [4.78, 5) is 0. The number of aryl methyl sites for hydroxylation is 4. The van der Waals surface area contributed by atoms with Crippen LogP contribution in [0.5, 0.6) is 0 Å². The van der Waals surface area contributed by atoms with E-state index in [4.69, 9.17) is 0 Å². The Balaban J connectivity index is 0.000000151. The predicted molar refractivity (Wildman–Crippen MR) is 89.3 cm³/mol. The van der Waals surface area contributed by atoms with E-state index in [-0.39, 0.29) is 0 Å². The van der Waals surface area contributed by atoms with Gasteiger partial charge in [0.1, 0.15) is 0 Å². The van der Waals surface area contributed by atoms with Crippen LogP contribution in [0.3, 0.4) is 0 Å². The predicted octanol–water partition coefficient (Wildman–Crippen LogP) is 5.76. The van der Waals surface area contributed by atoms with Crippen molar-refractivity contribution in [3.63, 3.8) is 0 Å². The Morgan fingerprint density at radius 1 is 0.550 bits per heavy atom. The van der Waals surface area contributed by atoms with Crippen LogP contribution in [0.2, 0.25) is 0 Å². The molecular formula is C20H22. The molecule has 0 aromatic heterocycles. The first-order chi connectivity index (χ1) is 9.56. The zero-order valence-corrected chi connectivity index (χ0v) is 12.8. The highest BCUT2D eigenvalue weighted by Gasteiger charge is 1.92. The first kappa shape index (κ1) is 14.3. The van der Waals surface area contributed by atoms with Gasteiger partial charge >= 0.3 is 0 Å². The Morgan fingerprint density at radius 3 is 1.60 bits per heavy atom. The molecule has 0 bridgehead atoms. The highest BCUT2D eigenvalue weighted by atomic mass is 14.0. The first-order valence-corrected chi connectivity index (χ1v) is 7.05. The lowest BCUT2D eigenvalue weighted by Crippen LogP contribution is -1.78. The number of hydrogen-bond acceptors (Lipinski definition) is 0. The van der Waals surface area contributed by atoms with Crippen LogP contribution in [-0.2, 0) is 0 Å². The zero-order chi connectivity index (χ0) is 14.5. The molecule has 0 aliphatic rings. The molecule has 102 valence electrons. The van der Waals surface area contributed by atoms with Gasteiger partial charge in [0.05, 0.1) is 0 Å². The fourth-order valence-electron chi connectivity index (χ4n) is 2.59. The standard InChI is InChI=1S/C11H10.C9H12/c1-9-5-4-7-10-6-2-3-8-11(9)10;1-7-4-8(2)6-9(3)5-7/h2-8H,1H3;4-6H,1-3H3. The quantitative estimate of drug-likeness (QED) is 0.483. The number of fused-ring (bicyclic) bond motifs is 1. The van der Waals surface area contributed by atoms with Crippen molar-refractivity contribution in [1.29, 1.82) is 0 Å². The van der Waals surface area contributed by atoms with Gasteiger partial charge < -0.3 is 0 Å². The molecule has 0 saturated carbocycles. The molecule has 3 aromatic rings. The maximum absolute atomic E-state index is 2.19.